The predicted octanol–water partition coefficient (Wildman–Crippen LogP) is 3.07. The number of carboxylic acids is 1. The molecule has 3 rings (SSSR count). The Bertz CT molecular complexity index is 708. The summed E-state index contributed by atoms with van der Waals surface area (Å²) in [5.74, 6) is -0.889. The SMILES string of the molecule is COc1cc(-c2cc(C(=O)O)no2)c(F)c2c1CCCC2. The number of ether oxygens (including phenoxy) is 1. The molecule has 110 valence electrons. The van der Waals surface area contributed by atoms with Crippen LogP contribution < -0.4 is 4.74 Å². The van der Waals surface area contributed by atoms with Crippen LogP contribution in [0.2, 0.25) is 0 Å². The van der Waals surface area contributed by atoms with Gasteiger partial charge in [0.15, 0.2) is 11.5 Å². The van der Waals surface area contributed by atoms with E-state index in [2.05, 4.69) is 5.16 Å². The highest BCUT2D eigenvalue weighted by atomic mass is 19.1. The van der Waals surface area contributed by atoms with E-state index in [0.717, 1.165) is 24.8 Å². The summed E-state index contributed by atoms with van der Waals surface area (Å²) in [4.78, 5) is 10.8. The second-order valence-corrected chi connectivity index (χ2v) is 4.99. The lowest BCUT2D eigenvalue weighted by molar-refractivity contribution is 0.0686. The molecule has 0 radical (unpaired) electrons. The van der Waals surface area contributed by atoms with Crippen LogP contribution in [0.25, 0.3) is 11.3 Å². The van der Waals surface area contributed by atoms with Crippen LogP contribution in [0, 0.1) is 5.82 Å². The lowest BCUT2D eigenvalue weighted by atomic mass is 9.88. The van der Waals surface area contributed by atoms with E-state index < -0.39 is 5.97 Å². The monoisotopic (exact) mass is 291 g/mol. The van der Waals surface area contributed by atoms with Gasteiger partial charge < -0.3 is 14.4 Å². The Morgan fingerprint density at radius 2 is 2.05 bits per heavy atom. The molecular formula is C15H14FNO4. The summed E-state index contributed by atoms with van der Waals surface area (Å²) in [6.07, 6.45) is 3.36. The summed E-state index contributed by atoms with van der Waals surface area (Å²) in [7, 11) is 1.54. The highest BCUT2D eigenvalue weighted by Crippen LogP contribution is 2.37. The molecule has 21 heavy (non-hydrogen) atoms. The first-order chi connectivity index (χ1) is 10.1. The number of benzene rings is 1. The fourth-order valence-electron chi connectivity index (χ4n) is 2.73. The minimum absolute atomic E-state index is 0.0940. The van der Waals surface area contributed by atoms with Crippen LogP contribution in [0.1, 0.15) is 34.5 Å². The van der Waals surface area contributed by atoms with Crippen molar-refractivity contribution in [2.75, 3.05) is 7.11 Å². The van der Waals surface area contributed by atoms with E-state index >= 15 is 0 Å². The molecule has 1 aliphatic rings. The van der Waals surface area contributed by atoms with Gasteiger partial charge in [-0.1, -0.05) is 5.16 Å². The molecule has 0 spiro atoms. The summed E-state index contributed by atoms with van der Waals surface area (Å²) in [6.45, 7) is 0. The van der Waals surface area contributed by atoms with Crippen LogP contribution in [-0.4, -0.2) is 23.3 Å². The van der Waals surface area contributed by atoms with Crippen molar-refractivity contribution >= 4 is 5.97 Å². The molecule has 0 amide bonds. The van der Waals surface area contributed by atoms with E-state index in [1.54, 1.807) is 6.07 Å². The smallest absolute Gasteiger partial charge is 0.358 e. The maximum absolute atomic E-state index is 14.7. The maximum atomic E-state index is 14.7. The minimum atomic E-state index is -1.21. The number of carbonyl (C=O) groups is 1. The van der Waals surface area contributed by atoms with Crippen molar-refractivity contribution in [1.82, 2.24) is 5.16 Å². The van der Waals surface area contributed by atoms with Crippen LogP contribution in [0.5, 0.6) is 5.75 Å². The van der Waals surface area contributed by atoms with Gasteiger partial charge in [0.25, 0.3) is 0 Å². The molecule has 5 nitrogen and oxygen atoms in total. The Kier molecular flexibility index (Phi) is 3.37. The van der Waals surface area contributed by atoms with Gasteiger partial charge in [-0.3, -0.25) is 0 Å². The Labute approximate surface area is 120 Å². The van der Waals surface area contributed by atoms with E-state index in [0.29, 0.717) is 17.7 Å². The van der Waals surface area contributed by atoms with Crippen molar-refractivity contribution in [3.05, 3.63) is 34.8 Å². The number of carboxylic acid groups (broad SMARTS) is 1. The summed E-state index contributed by atoms with van der Waals surface area (Å²) in [5, 5.41) is 12.3. The third-order valence-corrected chi connectivity index (χ3v) is 3.76. The van der Waals surface area contributed by atoms with Gasteiger partial charge in [-0.05, 0) is 37.3 Å². The standard InChI is InChI=1S/C15H14FNO4/c1-20-12-6-10(13-7-11(15(18)19)17-21-13)14(16)9-5-3-2-4-8(9)12/h6-7H,2-5H2,1H3,(H,18,19). The molecule has 0 aliphatic heterocycles. The molecule has 0 fully saturated rings. The fraction of sp³-hybridized carbons (Fsp3) is 0.333. The number of hydrogen-bond acceptors (Lipinski definition) is 4. The average molecular weight is 291 g/mol. The molecular weight excluding hydrogens is 277 g/mol. The molecule has 0 unspecified atom stereocenters. The molecule has 0 atom stereocenters. The van der Waals surface area contributed by atoms with Crippen LogP contribution in [0.4, 0.5) is 4.39 Å². The predicted molar refractivity (Wildman–Crippen MR) is 72.1 cm³/mol. The van der Waals surface area contributed by atoms with Crippen molar-refractivity contribution in [2.45, 2.75) is 25.7 Å². The number of nitrogens with zero attached hydrogens (tertiary/aromatic N) is 1. The maximum Gasteiger partial charge on any atom is 0.358 e. The molecule has 0 saturated carbocycles. The fourth-order valence-corrected chi connectivity index (χ4v) is 2.73. The molecule has 0 bridgehead atoms. The first kappa shape index (κ1) is 13.6. The number of aromatic carboxylic acids is 1. The number of halogens is 1. The van der Waals surface area contributed by atoms with E-state index in [9.17, 15) is 9.18 Å². The van der Waals surface area contributed by atoms with Crippen LogP contribution in [-0.2, 0) is 12.8 Å². The molecule has 1 aromatic heterocycles. The van der Waals surface area contributed by atoms with Gasteiger partial charge in [0.1, 0.15) is 11.6 Å². The molecule has 2 aromatic rings. The number of hydrogen-bond donors (Lipinski definition) is 1. The molecule has 0 saturated heterocycles. The largest absolute Gasteiger partial charge is 0.496 e. The van der Waals surface area contributed by atoms with Gasteiger partial charge >= 0.3 is 5.97 Å². The van der Waals surface area contributed by atoms with Crippen LogP contribution in [0.15, 0.2) is 16.7 Å². The summed E-state index contributed by atoms with van der Waals surface area (Å²) in [5.41, 5.74) is 1.46. The minimum Gasteiger partial charge on any atom is -0.496 e. The van der Waals surface area contributed by atoms with Crippen molar-refractivity contribution in [3.8, 4) is 17.1 Å². The Hall–Kier alpha value is -2.37. The molecule has 6 heteroatoms. The van der Waals surface area contributed by atoms with Crippen LogP contribution in [0.3, 0.4) is 0 Å². The highest BCUT2D eigenvalue weighted by Gasteiger charge is 2.24. The van der Waals surface area contributed by atoms with Crippen molar-refractivity contribution < 1.29 is 23.6 Å². The highest BCUT2D eigenvalue weighted by molar-refractivity contribution is 5.86. The van der Waals surface area contributed by atoms with Gasteiger partial charge in [0, 0.05) is 11.6 Å². The summed E-state index contributed by atoms with van der Waals surface area (Å²) >= 11 is 0. The van der Waals surface area contributed by atoms with Gasteiger partial charge in [0.2, 0.25) is 0 Å². The zero-order valence-electron chi connectivity index (χ0n) is 11.5. The molecule has 1 aliphatic carbocycles. The molecule has 1 aromatic carbocycles. The first-order valence-corrected chi connectivity index (χ1v) is 6.70. The lowest BCUT2D eigenvalue weighted by Crippen LogP contribution is -2.08. The quantitative estimate of drug-likeness (QED) is 0.940. The number of fused-ring (bicyclic) bond motifs is 1. The average Bonchev–Trinajstić information content (AvgIpc) is 2.98. The number of aromatic nitrogens is 1. The topological polar surface area (TPSA) is 72.6 Å². The van der Waals surface area contributed by atoms with E-state index in [1.165, 1.54) is 13.2 Å². The Balaban J connectivity index is 2.15. The number of methoxy groups -OCH3 is 1. The Morgan fingerprint density at radius 3 is 2.67 bits per heavy atom. The van der Waals surface area contributed by atoms with Gasteiger partial charge in [0.05, 0.1) is 12.7 Å². The first-order valence-electron chi connectivity index (χ1n) is 6.70. The lowest BCUT2D eigenvalue weighted by Gasteiger charge is -2.20. The van der Waals surface area contributed by atoms with Gasteiger partial charge in [-0.15, -0.1) is 0 Å². The van der Waals surface area contributed by atoms with Crippen molar-refractivity contribution in [1.29, 1.82) is 0 Å². The van der Waals surface area contributed by atoms with E-state index in [4.69, 9.17) is 14.4 Å². The zero-order valence-corrected chi connectivity index (χ0v) is 11.5. The zero-order chi connectivity index (χ0) is 15.0. The second-order valence-electron chi connectivity index (χ2n) is 4.99. The van der Waals surface area contributed by atoms with Crippen molar-refractivity contribution in [2.24, 2.45) is 0 Å². The third-order valence-electron chi connectivity index (χ3n) is 3.76. The van der Waals surface area contributed by atoms with E-state index in [1.807, 2.05) is 0 Å². The molecule has 1 heterocycles. The normalized spacial score (nSPS) is 13.8. The number of rotatable bonds is 3. The van der Waals surface area contributed by atoms with E-state index in [-0.39, 0.29) is 22.8 Å². The van der Waals surface area contributed by atoms with Gasteiger partial charge in [-0.25, -0.2) is 9.18 Å². The third kappa shape index (κ3) is 2.26. The van der Waals surface area contributed by atoms with Crippen LogP contribution >= 0.6 is 0 Å². The Morgan fingerprint density at radius 1 is 1.33 bits per heavy atom. The summed E-state index contributed by atoms with van der Waals surface area (Å²) < 4.78 is 25.0. The van der Waals surface area contributed by atoms with Crippen molar-refractivity contribution in [3.63, 3.8) is 0 Å². The summed E-state index contributed by atoms with van der Waals surface area (Å²) in [6, 6.07) is 2.76. The van der Waals surface area contributed by atoms with Gasteiger partial charge in [-0.2, -0.15) is 0 Å². The second kappa shape index (κ2) is 5.20. The molecule has 1 N–H and O–H groups in total.